The highest BCUT2D eigenvalue weighted by atomic mass is 16.5. The molecule has 1 aromatic rings. The number of nitrogens with two attached hydrogens (primary N) is 1. The minimum atomic E-state index is -0.0854. The van der Waals surface area contributed by atoms with Crippen molar-refractivity contribution in [2.75, 3.05) is 26.2 Å². The van der Waals surface area contributed by atoms with Crippen LogP contribution in [-0.4, -0.2) is 43.3 Å². The van der Waals surface area contributed by atoms with Crippen LogP contribution in [0.25, 0.3) is 0 Å². The third-order valence-electron chi connectivity index (χ3n) is 3.75. The Balaban J connectivity index is 1.97. The van der Waals surface area contributed by atoms with Gasteiger partial charge in [0.2, 0.25) is 0 Å². The van der Waals surface area contributed by atoms with Crippen molar-refractivity contribution in [1.82, 2.24) is 4.90 Å². The molecule has 4 heteroatoms. The first-order chi connectivity index (χ1) is 10.1. The molecule has 118 valence electrons. The van der Waals surface area contributed by atoms with Crippen molar-refractivity contribution in [3.05, 3.63) is 29.8 Å². The highest BCUT2D eigenvalue weighted by Gasteiger charge is 2.26. The highest BCUT2D eigenvalue weighted by Crippen LogP contribution is 2.23. The molecule has 2 unspecified atom stereocenters. The van der Waals surface area contributed by atoms with Crippen molar-refractivity contribution in [1.29, 1.82) is 0 Å². The van der Waals surface area contributed by atoms with Gasteiger partial charge in [-0.25, -0.2) is 0 Å². The molecule has 1 aromatic carbocycles. The van der Waals surface area contributed by atoms with Gasteiger partial charge in [-0.3, -0.25) is 4.90 Å². The van der Waals surface area contributed by atoms with E-state index in [0.29, 0.717) is 0 Å². The molecule has 1 heterocycles. The van der Waals surface area contributed by atoms with Gasteiger partial charge in [-0.2, -0.15) is 0 Å². The molecule has 1 aliphatic rings. The van der Waals surface area contributed by atoms with E-state index in [1.165, 1.54) is 6.42 Å². The van der Waals surface area contributed by atoms with E-state index in [0.717, 1.165) is 37.6 Å². The molecule has 1 fully saturated rings. The molecule has 2 rings (SSSR count). The molecule has 1 aliphatic heterocycles. The lowest BCUT2D eigenvalue weighted by atomic mass is 10.0. The van der Waals surface area contributed by atoms with E-state index in [1.54, 1.807) is 0 Å². The lowest BCUT2D eigenvalue weighted by Gasteiger charge is -2.35. The molecule has 0 aromatic heterocycles. The Morgan fingerprint density at radius 2 is 2.05 bits per heavy atom. The summed E-state index contributed by atoms with van der Waals surface area (Å²) in [6.07, 6.45) is 1.43. The predicted octanol–water partition coefficient (Wildman–Crippen LogP) is 2.58. The van der Waals surface area contributed by atoms with Crippen molar-refractivity contribution in [3.8, 4) is 5.75 Å². The monoisotopic (exact) mass is 292 g/mol. The molecule has 0 bridgehead atoms. The fraction of sp³-hybridized carbons (Fsp3) is 0.647. The molecule has 2 atom stereocenters. The third kappa shape index (κ3) is 4.70. The van der Waals surface area contributed by atoms with Gasteiger partial charge in [-0.05, 0) is 44.5 Å². The van der Waals surface area contributed by atoms with E-state index in [1.807, 2.05) is 38.1 Å². The molecule has 1 saturated heterocycles. The van der Waals surface area contributed by atoms with Crippen molar-refractivity contribution in [3.63, 3.8) is 0 Å². The zero-order valence-corrected chi connectivity index (χ0v) is 13.4. The Morgan fingerprint density at radius 1 is 1.33 bits per heavy atom. The van der Waals surface area contributed by atoms with Crippen LogP contribution in [0.3, 0.4) is 0 Å². The van der Waals surface area contributed by atoms with Crippen LogP contribution in [0.15, 0.2) is 24.3 Å². The van der Waals surface area contributed by atoms with Crippen LogP contribution in [-0.2, 0) is 4.74 Å². The number of morpholine rings is 1. The highest BCUT2D eigenvalue weighted by molar-refractivity contribution is 5.29. The minimum absolute atomic E-state index is 0.0715. The summed E-state index contributed by atoms with van der Waals surface area (Å²) in [7, 11) is 0. The summed E-state index contributed by atoms with van der Waals surface area (Å²) >= 11 is 0. The van der Waals surface area contributed by atoms with Crippen molar-refractivity contribution < 1.29 is 9.47 Å². The Bertz CT molecular complexity index is 417. The summed E-state index contributed by atoms with van der Waals surface area (Å²) in [6, 6.07) is 7.98. The minimum Gasteiger partial charge on any atom is -0.491 e. The second-order valence-corrected chi connectivity index (χ2v) is 5.97. The summed E-state index contributed by atoms with van der Waals surface area (Å²) < 4.78 is 11.5. The van der Waals surface area contributed by atoms with E-state index in [-0.39, 0.29) is 18.2 Å². The van der Waals surface area contributed by atoms with E-state index >= 15 is 0 Å². The lowest BCUT2D eigenvalue weighted by molar-refractivity contribution is -0.0408. The average molecular weight is 292 g/mol. The predicted molar refractivity (Wildman–Crippen MR) is 85.6 cm³/mol. The number of nitrogens with zero attached hydrogens (tertiary/aromatic N) is 1. The standard InChI is InChI=1S/C17H28N2O2/c1-4-9-19-10-11-20-16(12-19)17(18)14-5-7-15(8-6-14)21-13(2)3/h5-8,13,16-17H,4,9-12,18H2,1-3H3. The van der Waals surface area contributed by atoms with Crippen molar-refractivity contribution >= 4 is 0 Å². The molecule has 0 amide bonds. The van der Waals surface area contributed by atoms with E-state index < -0.39 is 0 Å². The molecule has 4 nitrogen and oxygen atoms in total. The maximum absolute atomic E-state index is 6.39. The second-order valence-electron chi connectivity index (χ2n) is 5.97. The van der Waals surface area contributed by atoms with E-state index in [9.17, 15) is 0 Å². The molecule has 0 spiro atoms. The zero-order chi connectivity index (χ0) is 15.2. The first-order valence-corrected chi connectivity index (χ1v) is 7.96. The Kier molecular flexibility index (Phi) is 6.03. The van der Waals surface area contributed by atoms with Crippen LogP contribution in [0.1, 0.15) is 38.8 Å². The normalized spacial score (nSPS) is 21.5. The SMILES string of the molecule is CCCN1CCOC(C(N)c2ccc(OC(C)C)cc2)C1. The Labute approximate surface area is 128 Å². The number of benzene rings is 1. The van der Waals surface area contributed by atoms with Crippen molar-refractivity contribution in [2.24, 2.45) is 5.73 Å². The molecular formula is C17H28N2O2. The van der Waals surface area contributed by atoms with Gasteiger partial charge in [0, 0.05) is 13.1 Å². The quantitative estimate of drug-likeness (QED) is 0.875. The second kappa shape index (κ2) is 7.78. The maximum Gasteiger partial charge on any atom is 0.119 e. The number of ether oxygens (including phenoxy) is 2. The first kappa shape index (κ1) is 16.3. The molecular weight excluding hydrogens is 264 g/mol. The van der Waals surface area contributed by atoms with Gasteiger partial charge < -0.3 is 15.2 Å². The zero-order valence-electron chi connectivity index (χ0n) is 13.4. The van der Waals surface area contributed by atoms with Gasteiger partial charge in [-0.1, -0.05) is 19.1 Å². The van der Waals surface area contributed by atoms with E-state index in [4.69, 9.17) is 15.2 Å². The largest absolute Gasteiger partial charge is 0.491 e. The summed E-state index contributed by atoms with van der Waals surface area (Å²) in [5.41, 5.74) is 7.49. The topological polar surface area (TPSA) is 47.7 Å². The van der Waals surface area contributed by atoms with Gasteiger partial charge >= 0.3 is 0 Å². The first-order valence-electron chi connectivity index (χ1n) is 7.96. The fourth-order valence-corrected chi connectivity index (χ4v) is 2.72. The van der Waals surface area contributed by atoms with Crippen LogP contribution in [0.4, 0.5) is 0 Å². The fourth-order valence-electron chi connectivity index (χ4n) is 2.72. The number of hydrogen-bond donors (Lipinski definition) is 1. The van der Waals surface area contributed by atoms with Gasteiger partial charge in [-0.15, -0.1) is 0 Å². The average Bonchev–Trinajstić information content (AvgIpc) is 2.47. The van der Waals surface area contributed by atoms with Crippen LogP contribution in [0.2, 0.25) is 0 Å². The molecule has 0 saturated carbocycles. The summed E-state index contributed by atoms with van der Waals surface area (Å²) in [6.45, 7) is 10.1. The Morgan fingerprint density at radius 3 is 2.67 bits per heavy atom. The van der Waals surface area contributed by atoms with Gasteiger partial charge in [0.05, 0.1) is 24.9 Å². The molecule has 0 radical (unpaired) electrons. The van der Waals surface area contributed by atoms with Crippen LogP contribution < -0.4 is 10.5 Å². The van der Waals surface area contributed by atoms with Crippen LogP contribution >= 0.6 is 0 Å². The summed E-state index contributed by atoms with van der Waals surface area (Å²) in [5, 5.41) is 0. The van der Waals surface area contributed by atoms with Gasteiger partial charge in [0.15, 0.2) is 0 Å². The Hall–Kier alpha value is -1.10. The van der Waals surface area contributed by atoms with Gasteiger partial charge in [0.25, 0.3) is 0 Å². The third-order valence-corrected chi connectivity index (χ3v) is 3.75. The van der Waals surface area contributed by atoms with Crippen molar-refractivity contribution in [2.45, 2.75) is 45.4 Å². The smallest absolute Gasteiger partial charge is 0.119 e. The molecule has 2 N–H and O–H groups in total. The van der Waals surface area contributed by atoms with Crippen LogP contribution in [0, 0.1) is 0 Å². The van der Waals surface area contributed by atoms with Gasteiger partial charge in [0.1, 0.15) is 5.75 Å². The molecule has 0 aliphatic carbocycles. The summed E-state index contributed by atoms with van der Waals surface area (Å²) in [4.78, 5) is 2.43. The van der Waals surface area contributed by atoms with Crippen LogP contribution in [0.5, 0.6) is 5.75 Å². The van der Waals surface area contributed by atoms with E-state index in [2.05, 4.69) is 11.8 Å². The number of rotatable bonds is 6. The number of hydrogen-bond acceptors (Lipinski definition) is 4. The molecule has 21 heavy (non-hydrogen) atoms. The summed E-state index contributed by atoms with van der Waals surface area (Å²) in [5.74, 6) is 0.887. The maximum atomic E-state index is 6.39. The lowest BCUT2D eigenvalue weighted by Crippen LogP contribution is -2.47.